The van der Waals surface area contributed by atoms with Crippen LogP contribution in [0.15, 0.2) is 107 Å². The van der Waals surface area contributed by atoms with Crippen molar-refractivity contribution in [3.05, 3.63) is 108 Å². The van der Waals surface area contributed by atoms with Crippen LogP contribution in [0.3, 0.4) is 0 Å². The van der Waals surface area contributed by atoms with Crippen LogP contribution in [0.2, 0.25) is 0 Å². The number of carbonyl (C=O) groups excluding carboxylic acids is 2. The van der Waals surface area contributed by atoms with E-state index in [0.717, 1.165) is 85.8 Å². The average molecular weight is 1110 g/mol. The van der Waals surface area contributed by atoms with E-state index in [0.29, 0.717) is 51.3 Å². The Morgan fingerprint density at radius 2 is 0.960 bits per heavy atom. The number of nitrogens with zero attached hydrogens (tertiary/aromatic N) is 2. The molecule has 0 aromatic heterocycles. The van der Waals surface area contributed by atoms with Crippen LogP contribution in [0.1, 0.15) is 108 Å². The van der Waals surface area contributed by atoms with E-state index in [2.05, 4.69) is 15.3 Å². The zero-order chi connectivity index (χ0) is 52.9. The number of amides is 2. The van der Waals surface area contributed by atoms with Gasteiger partial charge in [0.25, 0.3) is 11.8 Å². The maximum atomic E-state index is 14.1. The highest BCUT2D eigenvalue weighted by Gasteiger charge is 2.55. The van der Waals surface area contributed by atoms with Crippen LogP contribution in [0.5, 0.6) is 0 Å². The number of alkyl halides is 4. The summed E-state index contributed by atoms with van der Waals surface area (Å²) in [5.74, 6) is -6.95. The molecule has 5 aliphatic rings. The predicted molar refractivity (Wildman–Crippen MR) is 279 cm³/mol. The molecular weight excluding hydrogens is 1040 g/mol. The molecule has 3 heterocycles. The Kier molecular flexibility index (Phi) is 18.7. The normalized spacial score (nSPS) is 20.4. The van der Waals surface area contributed by atoms with Crippen molar-refractivity contribution in [3.63, 3.8) is 0 Å². The van der Waals surface area contributed by atoms with E-state index >= 15 is 0 Å². The fourth-order valence-corrected chi connectivity index (χ4v) is 14.2. The molecule has 2 aliphatic carbocycles. The first-order valence-electron chi connectivity index (χ1n) is 25.8. The van der Waals surface area contributed by atoms with Crippen molar-refractivity contribution in [2.24, 2.45) is 0 Å². The molecule has 1 unspecified atom stereocenters. The van der Waals surface area contributed by atoms with Gasteiger partial charge in [0.05, 0.1) is 9.79 Å². The van der Waals surface area contributed by atoms with Crippen LogP contribution in [-0.4, -0.2) is 116 Å². The number of hydrogen-bond acceptors (Lipinski definition) is 11. The summed E-state index contributed by atoms with van der Waals surface area (Å²) < 4.78 is 110. The number of nitrogens with one attached hydrogen (secondary N) is 2. The lowest BCUT2D eigenvalue weighted by molar-refractivity contribution is -0.202. The number of aryl methyl sites for hydroxylation is 2. The van der Waals surface area contributed by atoms with Gasteiger partial charge in [-0.2, -0.15) is 0 Å². The van der Waals surface area contributed by atoms with Crippen molar-refractivity contribution in [2.75, 3.05) is 32.8 Å². The number of hydroxylamine groups is 2. The van der Waals surface area contributed by atoms with Gasteiger partial charge in [-0.3, -0.25) is 14.8 Å². The minimum Gasteiger partial charge on any atom is -0.350 e. The number of ether oxygens (including phenoxy) is 1. The lowest BCUT2D eigenvalue weighted by Crippen LogP contribution is -2.58. The highest BCUT2D eigenvalue weighted by atomic mass is 35.5. The van der Waals surface area contributed by atoms with Crippen LogP contribution in [0.25, 0.3) is 22.3 Å². The molecule has 4 aromatic carbocycles. The van der Waals surface area contributed by atoms with Gasteiger partial charge in [-0.15, -0.1) is 12.4 Å². The lowest BCUT2D eigenvalue weighted by atomic mass is 9.94. The van der Waals surface area contributed by atoms with E-state index in [9.17, 15) is 49.2 Å². The summed E-state index contributed by atoms with van der Waals surface area (Å²) in [5.41, 5.74) is 8.91. The molecule has 9 rings (SSSR count). The van der Waals surface area contributed by atoms with Crippen molar-refractivity contribution < 1.29 is 58.8 Å². The van der Waals surface area contributed by atoms with Gasteiger partial charge in [-0.1, -0.05) is 72.8 Å². The number of sulfone groups is 2. The minimum atomic E-state index is -4.06. The summed E-state index contributed by atoms with van der Waals surface area (Å²) >= 11 is 0. The predicted octanol–water partition coefficient (Wildman–Crippen LogP) is 9.93. The first-order valence-corrected chi connectivity index (χ1v) is 28.7. The summed E-state index contributed by atoms with van der Waals surface area (Å²) in [4.78, 5) is 36.3. The van der Waals surface area contributed by atoms with Crippen molar-refractivity contribution in [1.29, 1.82) is 0 Å². The summed E-state index contributed by atoms with van der Waals surface area (Å²) in [6.07, 6.45) is 7.07. The quantitative estimate of drug-likeness (QED) is 0.0492. The van der Waals surface area contributed by atoms with Crippen molar-refractivity contribution in [1.82, 2.24) is 20.8 Å². The Morgan fingerprint density at radius 3 is 1.28 bits per heavy atom. The fourth-order valence-electron chi connectivity index (χ4n) is 10.3. The van der Waals surface area contributed by atoms with E-state index in [1.807, 2.05) is 36.4 Å². The molecule has 0 bridgehead atoms. The van der Waals surface area contributed by atoms with Crippen LogP contribution in [0.4, 0.5) is 17.6 Å². The van der Waals surface area contributed by atoms with Crippen LogP contribution in [-0.2, 0) is 51.7 Å². The minimum absolute atomic E-state index is 0. The van der Waals surface area contributed by atoms with Crippen LogP contribution in [0, 0.1) is 0 Å². The maximum Gasteiger partial charge on any atom is 0.265 e. The van der Waals surface area contributed by atoms with Gasteiger partial charge in [0.2, 0.25) is 11.8 Å². The third-order valence-corrected chi connectivity index (χ3v) is 20.4. The van der Waals surface area contributed by atoms with E-state index in [1.165, 1.54) is 12.1 Å². The second-order valence-electron chi connectivity index (χ2n) is 20.9. The highest BCUT2D eigenvalue weighted by molar-refractivity contribution is 7.94. The Balaban J connectivity index is 0.000000219. The lowest BCUT2D eigenvalue weighted by Gasteiger charge is -2.40. The molecule has 3 aliphatic heterocycles. The van der Waals surface area contributed by atoms with E-state index in [1.54, 1.807) is 54.0 Å². The number of halogens is 5. The maximum absolute atomic E-state index is 14.1. The Labute approximate surface area is 444 Å². The fraction of sp³-hybridized carbons (Fsp3) is 0.527. The van der Waals surface area contributed by atoms with Gasteiger partial charge in [-0.25, -0.2) is 50.2 Å². The number of benzene rings is 4. The van der Waals surface area contributed by atoms with Crippen molar-refractivity contribution in [3.8, 4) is 22.3 Å². The van der Waals surface area contributed by atoms with Crippen molar-refractivity contribution >= 4 is 43.9 Å². The number of hydrogen-bond donors (Lipinski definition) is 3. The third kappa shape index (κ3) is 14.0. The molecule has 3 N–H and O–H groups in total. The van der Waals surface area contributed by atoms with Gasteiger partial charge < -0.3 is 14.5 Å². The number of likely N-dealkylation sites (tertiary alicyclic amines) is 2. The molecule has 13 nitrogen and oxygen atoms in total. The van der Waals surface area contributed by atoms with Gasteiger partial charge >= 0.3 is 0 Å². The standard InChI is InChI=1S/C30H38F2N2O5S.C25H30F2N2O4S.ClH/c1-29(31,32)16-15-22-5-7-23(8-6-22)24-9-13-26(14-10-24)40(36,37)30(17-19-34(20-18-30)25-11-12-25)28(35)33-39-27-4-2-3-21-38-27;1-24(26,27)13-12-18-2-4-19(5-3-18)20-6-10-22(11-7-20)34(32,33)25(23(30)28-31)14-16-29(17-15-25)21-8-9-21;/h5-10,13-14,25,27H,2-4,11-12,15-21H2,1H3,(H,33,35);2-7,10-11,21,31H,8-9,12-17H2,1H3,(H,28,30);1H. The van der Waals surface area contributed by atoms with Crippen LogP contribution < -0.4 is 11.0 Å². The first kappa shape index (κ1) is 58.2. The van der Waals surface area contributed by atoms with Gasteiger partial charge in [0, 0.05) is 64.1 Å². The van der Waals surface area contributed by atoms with Gasteiger partial charge in [-0.05, 0) is 149 Å². The Morgan fingerprint density at radius 1 is 0.600 bits per heavy atom. The van der Waals surface area contributed by atoms with Crippen LogP contribution >= 0.6 is 12.4 Å². The first-order chi connectivity index (χ1) is 35.1. The Hall–Kier alpha value is -4.47. The molecule has 75 heavy (non-hydrogen) atoms. The number of piperidine rings is 2. The SMILES string of the molecule is CC(F)(F)CCc1ccc(-c2ccc(S(=O)(=O)C3(C(=O)NO)CCN(C4CC4)CC3)cc2)cc1.CC(F)(F)CCc1ccc(-c2ccc(S(=O)(=O)C3(C(=O)NOC4CCCCO4)CCN(C4CC4)CC3)cc2)cc1.Cl. The second kappa shape index (κ2) is 24.0. The van der Waals surface area contributed by atoms with Gasteiger partial charge in [0.1, 0.15) is 0 Å². The Bertz CT molecular complexity index is 2770. The number of rotatable bonds is 18. The topological polar surface area (TPSA) is 172 Å². The van der Waals surface area contributed by atoms with E-state index in [4.69, 9.17) is 9.57 Å². The summed E-state index contributed by atoms with van der Waals surface area (Å²) in [7, 11) is -8.12. The highest BCUT2D eigenvalue weighted by Crippen LogP contribution is 2.42. The van der Waals surface area contributed by atoms with Gasteiger partial charge in [0.15, 0.2) is 35.5 Å². The van der Waals surface area contributed by atoms with E-state index in [-0.39, 0.29) is 73.6 Å². The molecule has 410 valence electrons. The van der Waals surface area contributed by atoms with Crippen molar-refractivity contribution in [2.45, 2.75) is 160 Å². The molecule has 2 amide bonds. The smallest absolute Gasteiger partial charge is 0.265 e. The molecular formula is C55H69ClF4N4O9S2. The molecule has 5 fully saturated rings. The number of carbonyl (C=O) groups is 2. The monoisotopic (exact) mass is 1100 g/mol. The molecule has 2 saturated carbocycles. The summed E-state index contributed by atoms with van der Waals surface area (Å²) in [6, 6.07) is 28.3. The average Bonchev–Trinajstić information content (AvgIpc) is 4.35. The molecule has 0 radical (unpaired) electrons. The zero-order valence-electron chi connectivity index (χ0n) is 42.5. The molecule has 0 spiro atoms. The largest absolute Gasteiger partial charge is 0.350 e. The summed E-state index contributed by atoms with van der Waals surface area (Å²) in [6.45, 7) is 4.42. The molecule has 1 atom stereocenters. The molecule has 4 aromatic rings. The third-order valence-electron chi connectivity index (χ3n) is 15.3. The molecule has 3 saturated heterocycles. The summed E-state index contributed by atoms with van der Waals surface area (Å²) in [5, 5.41) is 9.33. The second-order valence-corrected chi connectivity index (χ2v) is 25.4. The zero-order valence-corrected chi connectivity index (χ0v) is 44.9. The van der Waals surface area contributed by atoms with E-state index < -0.39 is 59.1 Å². The molecule has 20 heteroatoms.